The summed E-state index contributed by atoms with van der Waals surface area (Å²) in [4.78, 5) is 26.8. The highest BCUT2D eigenvalue weighted by atomic mass is 35.5. The molecule has 35 heavy (non-hydrogen) atoms. The van der Waals surface area contributed by atoms with Gasteiger partial charge in [0.1, 0.15) is 6.16 Å². The number of esters is 1. The van der Waals surface area contributed by atoms with Crippen molar-refractivity contribution in [1.82, 2.24) is 0 Å². The van der Waals surface area contributed by atoms with E-state index in [4.69, 9.17) is 32.5 Å². The lowest BCUT2D eigenvalue weighted by Crippen LogP contribution is -2.28. The highest BCUT2D eigenvalue weighted by molar-refractivity contribution is 7.59. The number of benzene rings is 2. The maximum atomic E-state index is 13.4. The van der Waals surface area contributed by atoms with Crippen LogP contribution in [0.3, 0.4) is 0 Å². The summed E-state index contributed by atoms with van der Waals surface area (Å²) in [6.45, 7) is 5.95. The van der Waals surface area contributed by atoms with Gasteiger partial charge in [0.15, 0.2) is 6.79 Å². The highest BCUT2D eigenvalue weighted by Crippen LogP contribution is 2.44. The SMILES string of the molecule is CC(C)(C)C(=O)OCOP(C)(=O)CC(=O)N(/C=C/c1cccc(Cl)c1)c1csc2ccc(Cl)cc12. The first-order valence-corrected chi connectivity index (χ1v) is 14.6. The monoisotopic (exact) mass is 553 g/mol. The molecule has 0 N–H and O–H groups in total. The fraction of sp³-hybridized carbons (Fsp3) is 0.280. The number of carbonyl (C=O) groups is 2. The molecule has 0 spiro atoms. The Morgan fingerprint density at radius 2 is 1.83 bits per heavy atom. The quantitative estimate of drug-likeness (QED) is 0.162. The molecule has 0 aliphatic carbocycles. The molecule has 1 heterocycles. The van der Waals surface area contributed by atoms with Crippen molar-refractivity contribution in [3.8, 4) is 0 Å². The molecule has 0 aliphatic rings. The zero-order chi connectivity index (χ0) is 25.8. The number of hydrogen-bond acceptors (Lipinski definition) is 6. The summed E-state index contributed by atoms with van der Waals surface area (Å²) >= 11 is 13.8. The second-order valence-corrected chi connectivity index (χ2v) is 13.4. The van der Waals surface area contributed by atoms with Crippen molar-refractivity contribution >= 4 is 75.6 Å². The molecule has 1 atom stereocenters. The van der Waals surface area contributed by atoms with E-state index in [1.807, 2.05) is 17.5 Å². The summed E-state index contributed by atoms with van der Waals surface area (Å²) < 4.78 is 24.4. The molecular weight excluding hydrogens is 528 g/mol. The Hall–Kier alpha value is -2.15. The molecule has 0 radical (unpaired) electrons. The molecule has 1 aromatic heterocycles. The number of thiophene rings is 1. The lowest BCUT2D eigenvalue weighted by molar-refractivity contribution is -0.159. The molecule has 0 saturated heterocycles. The molecule has 186 valence electrons. The lowest BCUT2D eigenvalue weighted by Gasteiger charge is -2.22. The van der Waals surface area contributed by atoms with E-state index in [0.29, 0.717) is 15.7 Å². The summed E-state index contributed by atoms with van der Waals surface area (Å²) in [5, 5.41) is 3.73. The third-order valence-corrected chi connectivity index (χ3v) is 7.78. The molecule has 1 unspecified atom stereocenters. The van der Waals surface area contributed by atoms with Crippen molar-refractivity contribution < 1.29 is 23.4 Å². The topological polar surface area (TPSA) is 72.9 Å². The second-order valence-electron chi connectivity index (χ2n) is 9.00. The van der Waals surface area contributed by atoms with Gasteiger partial charge in [-0.2, -0.15) is 0 Å². The fourth-order valence-electron chi connectivity index (χ4n) is 3.02. The summed E-state index contributed by atoms with van der Waals surface area (Å²) in [6, 6.07) is 12.6. The first kappa shape index (κ1) is 27.4. The predicted octanol–water partition coefficient (Wildman–Crippen LogP) is 7.68. The molecule has 1 amide bonds. The molecule has 0 saturated carbocycles. The number of halogens is 2. The van der Waals surface area contributed by atoms with Crippen LogP contribution in [0, 0.1) is 5.41 Å². The van der Waals surface area contributed by atoms with Crippen LogP contribution in [0.5, 0.6) is 0 Å². The van der Waals surface area contributed by atoms with Crippen molar-refractivity contribution in [1.29, 1.82) is 0 Å². The van der Waals surface area contributed by atoms with Crippen LogP contribution in [0.4, 0.5) is 5.69 Å². The summed E-state index contributed by atoms with van der Waals surface area (Å²) in [5.41, 5.74) is 0.674. The van der Waals surface area contributed by atoms with Gasteiger partial charge in [-0.3, -0.25) is 23.6 Å². The van der Waals surface area contributed by atoms with Crippen LogP contribution in [0.1, 0.15) is 26.3 Å². The van der Waals surface area contributed by atoms with Gasteiger partial charge < -0.3 is 4.74 Å². The van der Waals surface area contributed by atoms with E-state index in [9.17, 15) is 14.2 Å². The minimum atomic E-state index is -3.43. The van der Waals surface area contributed by atoms with Gasteiger partial charge in [-0.25, -0.2) is 0 Å². The van der Waals surface area contributed by atoms with E-state index < -0.39 is 37.6 Å². The third-order valence-electron chi connectivity index (χ3n) is 4.86. The Morgan fingerprint density at radius 1 is 1.11 bits per heavy atom. The van der Waals surface area contributed by atoms with Gasteiger partial charge >= 0.3 is 5.97 Å². The number of carbonyl (C=O) groups excluding carboxylic acids is 2. The Kier molecular flexibility index (Phi) is 8.84. The smallest absolute Gasteiger partial charge is 0.313 e. The minimum Gasteiger partial charge on any atom is -0.438 e. The fourth-order valence-corrected chi connectivity index (χ4v) is 5.32. The van der Waals surface area contributed by atoms with Crippen molar-refractivity contribution in [2.45, 2.75) is 20.8 Å². The van der Waals surface area contributed by atoms with Crippen LogP contribution in [0.25, 0.3) is 16.2 Å². The van der Waals surface area contributed by atoms with E-state index in [1.165, 1.54) is 22.9 Å². The first-order chi connectivity index (χ1) is 16.4. The van der Waals surface area contributed by atoms with Crippen LogP contribution >= 0.6 is 41.9 Å². The molecule has 0 bridgehead atoms. The van der Waals surface area contributed by atoms with Gasteiger partial charge in [0.2, 0.25) is 13.3 Å². The summed E-state index contributed by atoms with van der Waals surface area (Å²) in [6.07, 6.45) is 2.96. The largest absolute Gasteiger partial charge is 0.438 e. The molecule has 10 heteroatoms. The standard InChI is InChI=1S/C25H26Cl2NO5PS/c1-25(2,3)24(30)32-16-33-34(4,31)14-23(29)28(11-10-17-6-5-7-18(26)12-17)21-15-35-22-9-8-19(27)13-20(21)22/h5-13,15H,14,16H2,1-4H3/b11-10+. The highest BCUT2D eigenvalue weighted by Gasteiger charge is 2.28. The van der Waals surface area contributed by atoms with Gasteiger partial charge in [-0.05, 0) is 62.7 Å². The number of anilines is 1. The minimum absolute atomic E-state index is 0.391. The maximum absolute atomic E-state index is 13.4. The van der Waals surface area contributed by atoms with Crippen molar-refractivity contribution in [3.05, 3.63) is 69.7 Å². The third kappa shape index (κ3) is 7.66. The van der Waals surface area contributed by atoms with Crippen molar-refractivity contribution in [2.75, 3.05) is 24.5 Å². The van der Waals surface area contributed by atoms with E-state index in [2.05, 4.69) is 0 Å². The Balaban J connectivity index is 1.85. The maximum Gasteiger partial charge on any atom is 0.313 e. The lowest BCUT2D eigenvalue weighted by atomic mass is 9.98. The molecule has 0 fully saturated rings. The van der Waals surface area contributed by atoms with E-state index in [0.717, 1.165) is 15.6 Å². The molecular formula is C25H26Cl2NO5PS. The Labute approximate surface area is 218 Å². The van der Waals surface area contributed by atoms with Gasteiger partial charge in [0, 0.05) is 38.4 Å². The molecule has 3 rings (SSSR count). The van der Waals surface area contributed by atoms with E-state index >= 15 is 0 Å². The number of hydrogen-bond donors (Lipinski definition) is 0. The van der Waals surface area contributed by atoms with Gasteiger partial charge in [0.05, 0.1) is 11.1 Å². The number of nitrogens with zero attached hydrogens (tertiary/aromatic N) is 1. The zero-order valence-electron chi connectivity index (χ0n) is 19.8. The number of ether oxygens (including phenoxy) is 1. The predicted molar refractivity (Wildman–Crippen MR) is 145 cm³/mol. The van der Waals surface area contributed by atoms with Crippen molar-refractivity contribution in [3.63, 3.8) is 0 Å². The average molecular weight is 554 g/mol. The Morgan fingerprint density at radius 3 is 2.51 bits per heavy atom. The number of fused-ring (bicyclic) bond motifs is 1. The Bertz CT molecular complexity index is 1310. The van der Waals surface area contributed by atoms with Crippen LogP contribution in [0.2, 0.25) is 10.0 Å². The normalized spacial score (nSPS) is 13.7. The van der Waals surface area contributed by atoms with Crippen LogP contribution in [-0.2, 0) is 23.4 Å². The van der Waals surface area contributed by atoms with Crippen LogP contribution in [0.15, 0.2) is 54.0 Å². The van der Waals surface area contributed by atoms with Crippen molar-refractivity contribution in [2.24, 2.45) is 5.41 Å². The second kappa shape index (κ2) is 11.3. The summed E-state index contributed by atoms with van der Waals surface area (Å²) in [7, 11) is -3.43. The molecule has 6 nitrogen and oxygen atoms in total. The molecule has 3 aromatic rings. The summed E-state index contributed by atoms with van der Waals surface area (Å²) in [5.74, 6) is -0.938. The number of rotatable bonds is 8. The van der Waals surface area contributed by atoms with Gasteiger partial charge in [0.25, 0.3) is 0 Å². The van der Waals surface area contributed by atoms with E-state index in [-0.39, 0.29) is 0 Å². The molecule has 0 aliphatic heterocycles. The van der Waals surface area contributed by atoms with Gasteiger partial charge in [-0.15, -0.1) is 11.3 Å². The number of amides is 1. The molecule has 2 aromatic carbocycles. The van der Waals surface area contributed by atoms with Gasteiger partial charge in [-0.1, -0.05) is 35.3 Å². The average Bonchev–Trinajstić information content (AvgIpc) is 3.15. The first-order valence-electron chi connectivity index (χ1n) is 10.7. The van der Waals surface area contributed by atoms with E-state index in [1.54, 1.807) is 63.4 Å². The zero-order valence-corrected chi connectivity index (χ0v) is 23.0. The van der Waals surface area contributed by atoms with Crippen LogP contribution < -0.4 is 4.90 Å². The van der Waals surface area contributed by atoms with Crippen LogP contribution in [-0.4, -0.2) is 31.5 Å².